The highest BCUT2D eigenvalue weighted by atomic mass is 16.5. The van der Waals surface area contributed by atoms with E-state index in [1.165, 1.54) is 0 Å². The Morgan fingerprint density at radius 2 is 1.33 bits per heavy atom. The van der Waals surface area contributed by atoms with Gasteiger partial charge >= 0.3 is 11.9 Å². The number of nitrogens with two attached hydrogens (primary N) is 2. The lowest BCUT2D eigenvalue weighted by Crippen LogP contribution is -2.42. The van der Waals surface area contributed by atoms with Crippen molar-refractivity contribution in [2.75, 3.05) is 19.8 Å². The van der Waals surface area contributed by atoms with E-state index in [0.29, 0.717) is 30.5 Å². The average Bonchev–Trinajstić information content (AvgIpc) is 2.51. The van der Waals surface area contributed by atoms with Crippen LogP contribution in [0, 0.1) is 0 Å². The van der Waals surface area contributed by atoms with Gasteiger partial charge in [-0.1, -0.05) is 26.0 Å². The zero-order valence-electron chi connectivity index (χ0n) is 15.1. The van der Waals surface area contributed by atoms with Crippen molar-refractivity contribution in [1.29, 1.82) is 0 Å². The second kappa shape index (κ2) is 11.8. The van der Waals surface area contributed by atoms with Crippen LogP contribution in [0.3, 0.4) is 0 Å². The highest BCUT2D eigenvalue weighted by molar-refractivity contribution is 5.87. The normalized spacial score (nSPS) is 11.0. The average molecular weight is 340 g/mol. The molecule has 0 aliphatic rings. The summed E-state index contributed by atoms with van der Waals surface area (Å²) in [7, 11) is 0. The van der Waals surface area contributed by atoms with Gasteiger partial charge in [0.2, 0.25) is 0 Å². The van der Waals surface area contributed by atoms with E-state index < -0.39 is 17.5 Å². The van der Waals surface area contributed by atoms with Crippen LogP contribution >= 0.6 is 0 Å². The summed E-state index contributed by atoms with van der Waals surface area (Å²) in [6, 6.07) is 0. The molecule has 0 aliphatic carbocycles. The summed E-state index contributed by atoms with van der Waals surface area (Å²) < 4.78 is 10.3. The third-order valence-electron chi connectivity index (χ3n) is 3.74. The maximum absolute atomic E-state index is 11.5. The van der Waals surface area contributed by atoms with Gasteiger partial charge in [0.05, 0.1) is 13.2 Å². The fourth-order valence-corrected chi connectivity index (χ4v) is 2.11. The Hall–Kier alpha value is -1.66. The van der Waals surface area contributed by atoms with Gasteiger partial charge in [-0.3, -0.25) is 0 Å². The van der Waals surface area contributed by atoms with E-state index in [4.69, 9.17) is 20.9 Å². The van der Waals surface area contributed by atoms with Gasteiger partial charge in [0, 0.05) is 16.7 Å². The zero-order valence-corrected chi connectivity index (χ0v) is 15.1. The molecule has 24 heavy (non-hydrogen) atoms. The molecule has 0 atom stereocenters. The fourth-order valence-electron chi connectivity index (χ4n) is 2.11. The van der Waals surface area contributed by atoms with Gasteiger partial charge in [0.1, 0.15) is 0 Å². The Morgan fingerprint density at radius 3 is 1.71 bits per heavy atom. The first-order valence-electron chi connectivity index (χ1n) is 8.36. The molecule has 0 fully saturated rings. The van der Waals surface area contributed by atoms with Gasteiger partial charge in [-0.25, -0.2) is 9.59 Å². The number of hydrogen-bond donors (Lipinski definition) is 2. The standard InChI is InChI=1S/C18H32N2O4/c1-14(2)16(21)23-12-9-18(20,8-6-5-7-11-19)10-13-24-17(22)15(3)4/h1,3,5-13,19-20H2,2,4H3. The van der Waals surface area contributed by atoms with Crippen molar-refractivity contribution in [2.24, 2.45) is 11.5 Å². The first-order valence-corrected chi connectivity index (χ1v) is 8.36. The fraction of sp³-hybridized carbons (Fsp3) is 0.667. The Kier molecular flexibility index (Phi) is 11.0. The Labute approximate surface area is 145 Å². The molecule has 0 heterocycles. The molecule has 0 rings (SSSR count). The van der Waals surface area contributed by atoms with Crippen LogP contribution < -0.4 is 11.5 Å². The van der Waals surface area contributed by atoms with Crippen molar-refractivity contribution in [2.45, 2.75) is 57.9 Å². The third-order valence-corrected chi connectivity index (χ3v) is 3.74. The summed E-state index contributed by atoms with van der Waals surface area (Å²) >= 11 is 0. The molecule has 6 heteroatoms. The predicted molar refractivity (Wildman–Crippen MR) is 95.2 cm³/mol. The molecule has 138 valence electrons. The summed E-state index contributed by atoms with van der Waals surface area (Å²) in [6.45, 7) is 11.4. The van der Waals surface area contributed by atoms with Crippen LogP contribution in [0.15, 0.2) is 24.3 Å². The van der Waals surface area contributed by atoms with E-state index in [1.54, 1.807) is 13.8 Å². The molecule has 0 amide bonds. The molecule has 0 aliphatic heterocycles. The summed E-state index contributed by atoms with van der Waals surface area (Å²) in [4.78, 5) is 22.9. The van der Waals surface area contributed by atoms with E-state index in [9.17, 15) is 9.59 Å². The second-order valence-corrected chi connectivity index (χ2v) is 6.29. The minimum Gasteiger partial charge on any atom is -0.462 e. The number of unbranched alkanes of at least 4 members (excludes halogenated alkanes) is 2. The lowest BCUT2D eigenvalue weighted by Gasteiger charge is -2.29. The number of esters is 2. The van der Waals surface area contributed by atoms with Gasteiger partial charge in [0.25, 0.3) is 0 Å². The summed E-state index contributed by atoms with van der Waals surface area (Å²) in [5, 5.41) is 0. The number of carbonyl (C=O) groups is 2. The molecular formula is C18H32N2O4. The van der Waals surface area contributed by atoms with E-state index in [1.807, 2.05) is 0 Å². The predicted octanol–water partition coefficient (Wildman–Crippen LogP) is 2.22. The molecule has 0 bridgehead atoms. The van der Waals surface area contributed by atoms with Crippen molar-refractivity contribution in [3.8, 4) is 0 Å². The van der Waals surface area contributed by atoms with Crippen molar-refractivity contribution < 1.29 is 19.1 Å². The minimum absolute atomic E-state index is 0.216. The summed E-state index contributed by atoms with van der Waals surface area (Å²) in [6.07, 6.45) is 4.62. The van der Waals surface area contributed by atoms with Gasteiger partial charge in [-0.2, -0.15) is 0 Å². The van der Waals surface area contributed by atoms with Gasteiger partial charge < -0.3 is 20.9 Å². The number of rotatable bonds is 13. The van der Waals surface area contributed by atoms with E-state index in [2.05, 4.69) is 13.2 Å². The molecule has 0 unspecified atom stereocenters. The third kappa shape index (κ3) is 10.2. The highest BCUT2D eigenvalue weighted by Gasteiger charge is 2.25. The molecule has 0 aromatic heterocycles. The number of ether oxygens (including phenoxy) is 2. The first-order chi connectivity index (χ1) is 11.2. The smallest absolute Gasteiger partial charge is 0.333 e. The van der Waals surface area contributed by atoms with Crippen LogP contribution in [0.25, 0.3) is 0 Å². The van der Waals surface area contributed by atoms with Gasteiger partial charge in [0.15, 0.2) is 0 Å². The van der Waals surface area contributed by atoms with E-state index in [0.717, 1.165) is 25.7 Å². The molecule has 6 nitrogen and oxygen atoms in total. The van der Waals surface area contributed by atoms with Crippen LogP contribution in [0.5, 0.6) is 0 Å². The summed E-state index contributed by atoms with van der Waals surface area (Å²) in [5.74, 6) is -0.844. The molecule has 0 saturated heterocycles. The topological polar surface area (TPSA) is 105 Å². The van der Waals surface area contributed by atoms with E-state index in [-0.39, 0.29) is 13.2 Å². The van der Waals surface area contributed by atoms with Crippen LogP contribution in [-0.4, -0.2) is 37.2 Å². The van der Waals surface area contributed by atoms with Crippen molar-refractivity contribution in [1.82, 2.24) is 0 Å². The molecule has 0 spiro atoms. The molecule has 0 aromatic carbocycles. The van der Waals surface area contributed by atoms with Crippen molar-refractivity contribution >= 4 is 11.9 Å². The van der Waals surface area contributed by atoms with Crippen LogP contribution in [-0.2, 0) is 19.1 Å². The lowest BCUT2D eigenvalue weighted by atomic mass is 9.87. The summed E-state index contributed by atoms with van der Waals surface area (Å²) in [5.41, 5.74) is 12.1. The largest absolute Gasteiger partial charge is 0.462 e. The SMILES string of the molecule is C=C(C)C(=O)OCCC(N)(CCCCCN)CCOC(=O)C(=C)C. The molecule has 0 aromatic rings. The van der Waals surface area contributed by atoms with Crippen LogP contribution in [0.4, 0.5) is 0 Å². The Bertz CT molecular complexity index is 414. The second-order valence-electron chi connectivity index (χ2n) is 6.29. The van der Waals surface area contributed by atoms with Crippen LogP contribution in [0.1, 0.15) is 52.4 Å². The molecule has 4 N–H and O–H groups in total. The Morgan fingerprint density at radius 1 is 0.875 bits per heavy atom. The maximum atomic E-state index is 11.5. The number of hydrogen-bond acceptors (Lipinski definition) is 6. The van der Waals surface area contributed by atoms with Crippen molar-refractivity contribution in [3.63, 3.8) is 0 Å². The zero-order chi connectivity index (χ0) is 18.6. The lowest BCUT2D eigenvalue weighted by molar-refractivity contribution is -0.139. The van der Waals surface area contributed by atoms with Crippen LogP contribution in [0.2, 0.25) is 0 Å². The quantitative estimate of drug-likeness (QED) is 0.303. The highest BCUT2D eigenvalue weighted by Crippen LogP contribution is 2.21. The number of carbonyl (C=O) groups excluding carboxylic acids is 2. The molecule has 0 radical (unpaired) electrons. The van der Waals surface area contributed by atoms with E-state index >= 15 is 0 Å². The van der Waals surface area contributed by atoms with Gasteiger partial charge in [-0.15, -0.1) is 0 Å². The monoisotopic (exact) mass is 340 g/mol. The van der Waals surface area contributed by atoms with Crippen molar-refractivity contribution in [3.05, 3.63) is 24.3 Å². The van der Waals surface area contributed by atoms with Gasteiger partial charge in [-0.05, 0) is 46.1 Å². The minimum atomic E-state index is -0.556. The Balaban J connectivity index is 4.46. The molecule has 0 saturated carbocycles. The molecular weight excluding hydrogens is 308 g/mol. The first kappa shape index (κ1) is 22.3. The maximum Gasteiger partial charge on any atom is 0.333 e.